The molecule has 1 rings (SSSR count). The van der Waals surface area contributed by atoms with Crippen molar-refractivity contribution in [2.24, 2.45) is 0 Å². The lowest BCUT2D eigenvalue weighted by atomic mass is 10.1. The first kappa shape index (κ1) is 13.4. The number of hydrogen-bond acceptors (Lipinski definition) is 6. The summed E-state index contributed by atoms with van der Waals surface area (Å²) < 4.78 is 4.94. The number of rotatable bonds is 5. The van der Waals surface area contributed by atoms with E-state index in [0.29, 0.717) is 18.0 Å². The zero-order valence-corrected chi connectivity index (χ0v) is 10.2. The van der Waals surface area contributed by atoms with Crippen LogP contribution in [0.3, 0.4) is 0 Å². The third-order valence-electron chi connectivity index (χ3n) is 2.50. The molecule has 1 aromatic heterocycles. The molecule has 17 heavy (non-hydrogen) atoms. The van der Waals surface area contributed by atoms with Gasteiger partial charge in [0.25, 0.3) is 0 Å². The zero-order chi connectivity index (χ0) is 12.8. The van der Waals surface area contributed by atoms with E-state index >= 15 is 0 Å². The van der Waals surface area contributed by atoms with Gasteiger partial charge in [0.2, 0.25) is 0 Å². The number of nitriles is 1. The summed E-state index contributed by atoms with van der Waals surface area (Å²) in [6, 6.07) is 1.79. The highest BCUT2D eigenvalue weighted by Gasteiger charge is 2.14. The fraction of sp³-hybridized carbons (Fsp3) is 0.545. The van der Waals surface area contributed by atoms with Gasteiger partial charge < -0.3 is 15.2 Å². The second kappa shape index (κ2) is 6.13. The maximum absolute atomic E-state index is 9.13. The number of aliphatic hydroxyl groups is 1. The van der Waals surface area contributed by atoms with E-state index in [1.54, 1.807) is 14.0 Å². The molecule has 92 valence electrons. The number of nitrogens with zero attached hydrogens (tertiary/aromatic N) is 3. The number of hydrogen-bond donors (Lipinski definition) is 2. The molecule has 1 heterocycles. The molecule has 2 N–H and O–H groups in total. The van der Waals surface area contributed by atoms with E-state index in [4.69, 9.17) is 15.1 Å². The minimum atomic E-state index is -0.302. The van der Waals surface area contributed by atoms with Crippen molar-refractivity contribution in [2.45, 2.75) is 19.9 Å². The Kier molecular flexibility index (Phi) is 4.82. The summed E-state index contributed by atoms with van der Waals surface area (Å²) in [5.74, 6) is 0.381. The summed E-state index contributed by atoms with van der Waals surface area (Å²) in [5, 5.41) is 29.0. The molecule has 6 nitrogen and oxygen atoms in total. The summed E-state index contributed by atoms with van der Waals surface area (Å²) >= 11 is 0. The molecule has 0 aliphatic carbocycles. The molecule has 0 amide bonds. The fourth-order valence-electron chi connectivity index (χ4n) is 1.38. The molecule has 1 unspecified atom stereocenters. The van der Waals surface area contributed by atoms with Crippen LogP contribution in [0.15, 0.2) is 0 Å². The first-order chi connectivity index (χ1) is 8.13. The van der Waals surface area contributed by atoms with Crippen LogP contribution in [0.5, 0.6) is 0 Å². The zero-order valence-electron chi connectivity index (χ0n) is 10.2. The minimum absolute atomic E-state index is 0.104. The summed E-state index contributed by atoms with van der Waals surface area (Å²) in [5.41, 5.74) is 1.96. The average Bonchev–Trinajstić information content (AvgIpc) is 2.33. The summed E-state index contributed by atoms with van der Waals surface area (Å²) in [4.78, 5) is 0. The van der Waals surface area contributed by atoms with Gasteiger partial charge in [0.05, 0.1) is 24.9 Å². The SMILES string of the molecule is COCC(CO)Nc1nnc(C)c(C)c1C#N. The van der Waals surface area contributed by atoms with Gasteiger partial charge in [0.1, 0.15) is 11.6 Å². The fourth-order valence-corrected chi connectivity index (χ4v) is 1.38. The third-order valence-corrected chi connectivity index (χ3v) is 2.50. The molecule has 1 aromatic rings. The number of nitrogens with one attached hydrogen (secondary N) is 1. The standard InChI is InChI=1S/C11H16N4O2/c1-7-8(2)14-15-11(10(7)4-12)13-9(5-16)6-17-3/h9,16H,5-6H2,1-3H3,(H,13,15). The quantitative estimate of drug-likeness (QED) is 0.768. The van der Waals surface area contributed by atoms with Gasteiger partial charge in [0.15, 0.2) is 5.82 Å². The number of methoxy groups -OCH3 is 1. The van der Waals surface area contributed by atoms with Crippen molar-refractivity contribution >= 4 is 5.82 Å². The Bertz CT molecular complexity index is 428. The molecule has 0 bridgehead atoms. The second-order valence-corrected chi connectivity index (χ2v) is 3.72. The smallest absolute Gasteiger partial charge is 0.167 e. The normalized spacial score (nSPS) is 11.9. The van der Waals surface area contributed by atoms with Gasteiger partial charge in [-0.15, -0.1) is 5.10 Å². The van der Waals surface area contributed by atoms with E-state index < -0.39 is 0 Å². The summed E-state index contributed by atoms with van der Waals surface area (Å²) in [6.45, 7) is 3.84. The Balaban J connectivity index is 2.99. The highest BCUT2D eigenvalue weighted by atomic mass is 16.5. The Morgan fingerprint density at radius 3 is 2.71 bits per heavy atom. The van der Waals surface area contributed by atoms with Gasteiger partial charge >= 0.3 is 0 Å². The second-order valence-electron chi connectivity index (χ2n) is 3.72. The van der Waals surface area contributed by atoms with Gasteiger partial charge in [0, 0.05) is 7.11 Å². The van der Waals surface area contributed by atoms with Crippen LogP contribution in [0.1, 0.15) is 16.8 Å². The van der Waals surface area contributed by atoms with Crippen LogP contribution in [0, 0.1) is 25.2 Å². The molecule has 0 fully saturated rings. The molecular weight excluding hydrogens is 220 g/mol. The summed E-state index contributed by atoms with van der Waals surface area (Å²) in [6.07, 6.45) is 0. The van der Waals surface area contributed by atoms with Gasteiger partial charge in [-0.25, -0.2) is 0 Å². The van der Waals surface area contributed by atoms with E-state index in [-0.39, 0.29) is 12.6 Å². The molecule has 0 aliphatic heterocycles. The molecule has 0 spiro atoms. The Hall–Kier alpha value is -1.71. The van der Waals surface area contributed by atoms with E-state index in [1.807, 2.05) is 6.92 Å². The van der Waals surface area contributed by atoms with Crippen LogP contribution < -0.4 is 5.32 Å². The monoisotopic (exact) mass is 236 g/mol. The van der Waals surface area contributed by atoms with Crippen LogP contribution in [-0.4, -0.2) is 41.7 Å². The van der Waals surface area contributed by atoms with Crippen molar-refractivity contribution in [1.29, 1.82) is 5.26 Å². The third kappa shape index (κ3) is 3.12. The lowest BCUT2D eigenvalue weighted by molar-refractivity contribution is 0.153. The van der Waals surface area contributed by atoms with E-state index in [0.717, 1.165) is 11.3 Å². The van der Waals surface area contributed by atoms with Crippen molar-refractivity contribution in [2.75, 3.05) is 25.6 Å². The van der Waals surface area contributed by atoms with Crippen LogP contribution in [0.4, 0.5) is 5.82 Å². The number of aliphatic hydroxyl groups excluding tert-OH is 1. The van der Waals surface area contributed by atoms with Crippen LogP contribution in [0.25, 0.3) is 0 Å². The van der Waals surface area contributed by atoms with Gasteiger partial charge in [-0.2, -0.15) is 10.4 Å². The molecule has 0 aromatic carbocycles. The first-order valence-electron chi connectivity index (χ1n) is 5.24. The topological polar surface area (TPSA) is 91.1 Å². The molecule has 1 atom stereocenters. The maximum Gasteiger partial charge on any atom is 0.167 e. The van der Waals surface area contributed by atoms with Crippen LogP contribution >= 0.6 is 0 Å². The van der Waals surface area contributed by atoms with Crippen molar-refractivity contribution in [1.82, 2.24) is 10.2 Å². The van der Waals surface area contributed by atoms with Crippen LogP contribution in [-0.2, 0) is 4.74 Å². The van der Waals surface area contributed by atoms with E-state index in [2.05, 4.69) is 21.6 Å². The van der Waals surface area contributed by atoms with Crippen molar-refractivity contribution < 1.29 is 9.84 Å². The molecular formula is C11H16N4O2. The first-order valence-corrected chi connectivity index (χ1v) is 5.24. The molecule has 0 radical (unpaired) electrons. The average molecular weight is 236 g/mol. The van der Waals surface area contributed by atoms with Gasteiger partial charge in [-0.3, -0.25) is 0 Å². The minimum Gasteiger partial charge on any atom is -0.394 e. The predicted molar refractivity (Wildman–Crippen MR) is 62.6 cm³/mol. The molecule has 0 aliphatic rings. The van der Waals surface area contributed by atoms with Crippen molar-refractivity contribution in [3.8, 4) is 6.07 Å². The lowest BCUT2D eigenvalue weighted by Gasteiger charge is -2.17. The van der Waals surface area contributed by atoms with Crippen LogP contribution in [0.2, 0.25) is 0 Å². The molecule has 0 saturated heterocycles. The highest BCUT2D eigenvalue weighted by molar-refractivity contribution is 5.56. The number of aryl methyl sites for hydroxylation is 1. The van der Waals surface area contributed by atoms with Crippen molar-refractivity contribution in [3.63, 3.8) is 0 Å². The van der Waals surface area contributed by atoms with Gasteiger partial charge in [-0.05, 0) is 19.4 Å². The number of anilines is 1. The summed E-state index contributed by atoms with van der Waals surface area (Å²) in [7, 11) is 1.54. The molecule has 6 heteroatoms. The van der Waals surface area contributed by atoms with Gasteiger partial charge in [-0.1, -0.05) is 0 Å². The number of ether oxygens (including phenoxy) is 1. The van der Waals surface area contributed by atoms with E-state index in [1.165, 1.54) is 0 Å². The lowest BCUT2D eigenvalue weighted by Crippen LogP contribution is -2.30. The maximum atomic E-state index is 9.13. The van der Waals surface area contributed by atoms with E-state index in [9.17, 15) is 0 Å². The predicted octanol–water partition coefficient (Wildman–Crippen LogP) is 0.384. The highest BCUT2D eigenvalue weighted by Crippen LogP contribution is 2.17. The Labute approximate surface area is 100 Å². The van der Waals surface area contributed by atoms with Crippen molar-refractivity contribution in [3.05, 3.63) is 16.8 Å². The molecule has 0 saturated carbocycles. The largest absolute Gasteiger partial charge is 0.394 e. The Morgan fingerprint density at radius 1 is 1.47 bits per heavy atom. The Morgan fingerprint density at radius 2 is 2.18 bits per heavy atom. The number of aromatic nitrogens is 2.